The molecule has 3 heteroatoms. The second-order valence-corrected chi connectivity index (χ2v) is 3.88. The monoisotopic (exact) mass is 219 g/mol. The van der Waals surface area contributed by atoms with Crippen LogP contribution in [0.3, 0.4) is 0 Å². The molecule has 0 fully saturated rings. The van der Waals surface area contributed by atoms with Crippen LogP contribution in [0.2, 0.25) is 0 Å². The van der Waals surface area contributed by atoms with Gasteiger partial charge in [-0.1, -0.05) is 36.9 Å². The zero-order valence-corrected chi connectivity index (χ0v) is 9.52. The first-order valence-corrected chi connectivity index (χ1v) is 5.23. The van der Waals surface area contributed by atoms with Gasteiger partial charge in [0, 0.05) is 18.7 Å². The lowest BCUT2D eigenvalue weighted by Crippen LogP contribution is -2.20. The Morgan fingerprint density at radius 3 is 2.56 bits per heavy atom. The first kappa shape index (κ1) is 12.5. The molecule has 0 aromatic heterocycles. The Labute approximate surface area is 96.0 Å². The standard InChI is InChI=1S/C13H17NO2/c1-11(13(15)16)8-9-14(2)10-12-6-4-3-5-7-12/h3-7H,1,8-10H2,2H3,(H,15,16). The lowest BCUT2D eigenvalue weighted by molar-refractivity contribution is -0.132. The lowest BCUT2D eigenvalue weighted by Gasteiger charge is -2.16. The van der Waals surface area contributed by atoms with Crippen LogP contribution < -0.4 is 0 Å². The molecule has 0 saturated heterocycles. The zero-order chi connectivity index (χ0) is 12.0. The molecular weight excluding hydrogens is 202 g/mol. The summed E-state index contributed by atoms with van der Waals surface area (Å²) in [6.45, 7) is 5.04. The van der Waals surface area contributed by atoms with Crippen molar-refractivity contribution in [3.8, 4) is 0 Å². The molecule has 0 radical (unpaired) electrons. The molecule has 1 aromatic rings. The van der Waals surface area contributed by atoms with E-state index in [1.165, 1.54) is 5.56 Å². The number of carbonyl (C=O) groups is 1. The Hall–Kier alpha value is -1.61. The molecular formula is C13H17NO2. The molecule has 0 heterocycles. The van der Waals surface area contributed by atoms with Gasteiger partial charge in [0.2, 0.25) is 0 Å². The number of nitrogens with zero attached hydrogens (tertiary/aromatic N) is 1. The van der Waals surface area contributed by atoms with Gasteiger partial charge in [-0.2, -0.15) is 0 Å². The maximum Gasteiger partial charge on any atom is 0.331 e. The first-order chi connectivity index (χ1) is 7.59. The maximum absolute atomic E-state index is 10.6. The Balaban J connectivity index is 2.34. The van der Waals surface area contributed by atoms with E-state index in [4.69, 9.17) is 5.11 Å². The fourth-order valence-electron chi connectivity index (χ4n) is 1.41. The van der Waals surface area contributed by atoms with E-state index >= 15 is 0 Å². The zero-order valence-electron chi connectivity index (χ0n) is 9.52. The first-order valence-electron chi connectivity index (χ1n) is 5.23. The molecule has 0 bridgehead atoms. The summed E-state index contributed by atoms with van der Waals surface area (Å²) in [5, 5.41) is 8.67. The minimum absolute atomic E-state index is 0.264. The summed E-state index contributed by atoms with van der Waals surface area (Å²) in [6, 6.07) is 10.1. The molecule has 1 rings (SSSR count). The average molecular weight is 219 g/mol. The van der Waals surface area contributed by atoms with E-state index in [0.717, 1.165) is 6.54 Å². The molecule has 0 aliphatic carbocycles. The number of rotatable bonds is 6. The number of aliphatic carboxylic acids is 1. The number of benzene rings is 1. The fraction of sp³-hybridized carbons (Fsp3) is 0.308. The second-order valence-electron chi connectivity index (χ2n) is 3.88. The van der Waals surface area contributed by atoms with Gasteiger partial charge in [0.15, 0.2) is 0 Å². The number of hydrogen-bond donors (Lipinski definition) is 1. The third kappa shape index (κ3) is 4.28. The predicted molar refractivity (Wildman–Crippen MR) is 64.2 cm³/mol. The summed E-state index contributed by atoms with van der Waals surface area (Å²) in [4.78, 5) is 12.6. The highest BCUT2D eigenvalue weighted by Crippen LogP contribution is 2.05. The van der Waals surface area contributed by atoms with Crippen molar-refractivity contribution in [2.45, 2.75) is 13.0 Å². The Bertz CT molecular complexity index is 359. The van der Waals surface area contributed by atoms with Crippen LogP contribution in [0.25, 0.3) is 0 Å². The summed E-state index contributed by atoms with van der Waals surface area (Å²) in [7, 11) is 1.97. The fourth-order valence-corrected chi connectivity index (χ4v) is 1.41. The van der Waals surface area contributed by atoms with E-state index in [0.29, 0.717) is 13.0 Å². The minimum atomic E-state index is -0.909. The van der Waals surface area contributed by atoms with Crippen molar-refractivity contribution in [3.05, 3.63) is 48.0 Å². The minimum Gasteiger partial charge on any atom is -0.478 e. The molecule has 0 aliphatic rings. The van der Waals surface area contributed by atoms with Crippen LogP contribution in [-0.2, 0) is 11.3 Å². The largest absolute Gasteiger partial charge is 0.478 e. The van der Waals surface area contributed by atoms with Gasteiger partial charge in [-0.3, -0.25) is 0 Å². The smallest absolute Gasteiger partial charge is 0.331 e. The highest BCUT2D eigenvalue weighted by Gasteiger charge is 2.06. The summed E-state index contributed by atoms with van der Waals surface area (Å²) in [5.41, 5.74) is 1.49. The maximum atomic E-state index is 10.6. The van der Waals surface area contributed by atoms with E-state index in [1.54, 1.807) is 0 Å². The van der Waals surface area contributed by atoms with E-state index in [9.17, 15) is 4.79 Å². The van der Waals surface area contributed by atoms with Gasteiger partial charge >= 0.3 is 5.97 Å². The lowest BCUT2D eigenvalue weighted by atomic mass is 10.2. The van der Waals surface area contributed by atoms with Crippen molar-refractivity contribution < 1.29 is 9.90 Å². The van der Waals surface area contributed by atoms with Crippen LogP contribution in [0, 0.1) is 0 Å². The summed E-state index contributed by atoms with van der Waals surface area (Å²) in [5.74, 6) is -0.909. The topological polar surface area (TPSA) is 40.5 Å². The Morgan fingerprint density at radius 2 is 2.00 bits per heavy atom. The SMILES string of the molecule is C=C(CCN(C)Cc1ccccc1)C(=O)O. The van der Waals surface area contributed by atoms with Crippen LogP contribution in [0.5, 0.6) is 0 Å². The van der Waals surface area contributed by atoms with Crippen LogP contribution in [0.1, 0.15) is 12.0 Å². The van der Waals surface area contributed by atoms with Gasteiger partial charge in [-0.25, -0.2) is 4.79 Å². The predicted octanol–water partition coefficient (Wildman–Crippen LogP) is 2.15. The molecule has 86 valence electrons. The van der Waals surface area contributed by atoms with Crippen LogP contribution >= 0.6 is 0 Å². The van der Waals surface area contributed by atoms with Gasteiger partial charge in [0.05, 0.1) is 0 Å². The van der Waals surface area contributed by atoms with Crippen molar-refractivity contribution in [2.24, 2.45) is 0 Å². The second kappa shape index (κ2) is 6.08. The number of carboxylic acid groups (broad SMARTS) is 1. The highest BCUT2D eigenvalue weighted by atomic mass is 16.4. The third-order valence-corrected chi connectivity index (χ3v) is 2.39. The van der Waals surface area contributed by atoms with E-state index in [1.807, 2.05) is 25.2 Å². The average Bonchev–Trinajstić information content (AvgIpc) is 2.27. The van der Waals surface area contributed by atoms with Crippen molar-refractivity contribution in [1.82, 2.24) is 4.90 Å². The van der Waals surface area contributed by atoms with Crippen LogP contribution in [0.4, 0.5) is 0 Å². The molecule has 0 atom stereocenters. The third-order valence-electron chi connectivity index (χ3n) is 2.39. The Morgan fingerprint density at radius 1 is 1.38 bits per heavy atom. The molecule has 1 aromatic carbocycles. The summed E-state index contributed by atoms with van der Waals surface area (Å²) < 4.78 is 0. The molecule has 0 spiro atoms. The van der Waals surface area contributed by atoms with E-state index in [-0.39, 0.29) is 5.57 Å². The van der Waals surface area contributed by atoms with Gasteiger partial charge in [-0.05, 0) is 19.0 Å². The Kier molecular flexibility index (Phi) is 4.73. The molecule has 0 amide bonds. The van der Waals surface area contributed by atoms with Crippen molar-refractivity contribution in [1.29, 1.82) is 0 Å². The number of carboxylic acids is 1. The van der Waals surface area contributed by atoms with Gasteiger partial charge in [-0.15, -0.1) is 0 Å². The van der Waals surface area contributed by atoms with E-state index in [2.05, 4.69) is 23.6 Å². The molecule has 3 nitrogen and oxygen atoms in total. The molecule has 0 unspecified atom stereocenters. The molecule has 16 heavy (non-hydrogen) atoms. The van der Waals surface area contributed by atoms with Crippen molar-refractivity contribution >= 4 is 5.97 Å². The molecule has 1 N–H and O–H groups in total. The van der Waals surface area contributed by atoms with Gasteiger partial charge in [0.1, 0.15) is 0 Å². The van der Waals surface area contributed by atoms with Crippen molar-refractivity contribution in [3.63, 3.8) is 0 Å². The normalized spacial score (nSPS) is 10.4. The van der Waals surface area contributed by atoms with Crippen LogP contribution in [0.15, 0.2) is 42.5 Å². The highest BCUT2D eigenvalue weighted by molar-refractivity contribution is 5.85. The van der Waals surface area contributed by atoms with Gasteiger partial charge < -0.3 is 10.0 Å². The number of hydrogen-bond acceptors (Lipinski definition) is 2. The molecule has 0 aliphatic heterocycles. The van der Waals surface area contributed by atoms with E-state index < -0.39 is 5.97 Å². The van der Waals surface area contributed by atoms with Crippen LogP contribution in [-0.4, -0.2) is 29.6 Å². The summed E-state index contributed by atoms with van der Waals surface area (Å²) >= 11 is 0. The quantitative estimate of drug-likeness (QED) is 0.745. The molecule has 0 saturated carbocycles. The van der Waals surface area contributed by atoms with Gasteiger partial charge in [0.25, 0.3) is 0 Å². The summed E-state index contributed by atoms with van der Waals surface area (Å²) in [6.07, 6.45) is 0.499. The van der Waals surface area contributed by atoms with Crippen molar-refractivity contribution in [2.75, 3.05) is 13.6 Å².